The predicted molar refractivity (Wildman–Crippen MR) is 81.8 cm³/mol. The van der Waals surface area contributed by atoms with Crippen molar-refractivity contribution in [3.8, 4) is 0 Å². The molecule has 2 aliphatic rings. The number of nitrogens with one attached hydrogen (secondary N) is 2. The molecule has 1 aromatic heterocycles. The van der Waals surface area contributed by atoms with Crippen LogP contribution >= 0.6 is 0 Å². The van der Waals surface area contributed by atoms with Crippen LogP contribution in [0.2, 0.25) is 0 Å². The number of carbonyl (C=O) groups excluding carboxylic acids is 1. The third kappa shape index (κ3) is 2.99. The molecule has 2 N–H and O–H groups in total. The van der Waals surface area contributed by atoms with Crippen LogP contribution in [0, 0.1) is 0 Å². The van der Waals surface area contributed by atoms with Gasteiger partial charge in [-0.25, -0.2) is 8.78 Å². The van der Waals surface area contributed by atoms with Crippen LogP contribution in [0.3, 0.4) is 0 Å². The van der Waals surface area contributed by atoms with Gasteiger partial charge in [0.1, 0.15) is 11.8 Å². The number of nitrogens with zero attached hydrogens (tertiary/aromatic N) is 1. The zero-order valence-electron chi connectivity index (χ0n) is 13.5. The van der Waals surface area contributed by atoms with E-state index in [-0.39, 0.29) is 25.4 Å². The molecule has 1 saturated heterocycles. The Balaban J connectivity index is 1.83. The number of hydrogen-bond donors (Lipinski definition) is 2. The van der Waals surface area contributed by atoms with E-state index in [1.165, 1.54) is 0 Å². The van der Waals surface area contributed by atoms with Crippen molar-refractivity contribution in [1.82, 2.24) is 15.2 Å². The zero-order chi connectivity index (χ0) is 16.6. The molecule has 1 fully saturated rings. The number of halogens is 2. The minimum absolute atomic E-state index is 0.129. The maximum absolute atomic E-state index is 14.1. The van der Waals surface area contributed by atoms with E-state index < -0.39 is 12.0 Å². The molecular formula is C16H23F2N3O2. The summed E-state index contributed by atoms with van der Waals surface area (Å²) >= 11 is 0. The van der Waals surface area contributed by atoms with Crippen molar-refractivity contribution in [2.24, 2.45) is 0 Å². The van der Waals surface area contributed by atoms with Crippen LogP contribution in [0.5, 0.6) is 0 Å². The van der Waals surface area contributed by atoms with Gasteiger partial charge in [-0.05, 0) is 32.9 Å². The Bertz CT molecular complexity index is 588. The Labute approximate surface area is 134 Å². The average Bonchev–Trinajstić information content (AvgIpc) is 3.16. The van der Waals surface area contributed by atoms with Gasteiger partial charge in [-0.3, -0.25) is 4.79 Å². The first kappa shape index (κ1) is 16.4. The van der Waals surface area contributed by atoms with Crippen molar-refractivity contribution >= 4 is 5.91 Å². The molecule has 0 bridgehead atoms. The van der Waals surface area contributed by atoms with Gasteiger partial charge in [0.05, 0.1) is 0 Å². The molecule has 7 heteroatoms. The number of H-pyrrole nitrogens is 1. The lowest BCUT2D eigenvalue weighted by Crippen LogP contribution is -2.33. The quantitative estimate of drug-likeness (QED) is 0.890. The molecule has 128 valence electrons. The van der Waals surface area contributed by atoms with Crippen LogP contribution < -0.4 is 5.32 Å². The zero-order valence-corrected chi connectivity index (χ0v) is 13.5. The number of likely N-dealkylation sites (N-methyl/N-ethyl adjacent to an activating group) is 1. The van der Waals surface area contributed by atoms with E-state index in [1.807, 2.05) is 7.05 Å². The molecule has 23 heavy (non-hydrogen) atoms. The number of ether oxygens (including phenoxy) is 1. The third-order valence-corrected chi connectivity index (χ3v) is 4.76. The Morgan fingerprint density at radius 3 is 3.00 bits per heavy atom. The number of aromatic amines is 1. The van der Waals surface area contributed by atoms with E-state index in [0.717, 1.165) is 6.42 Å². The monoisotopic (exact) mass is 327 g/mol. The summed E-state index contributed by atoms with van der Waals surface area (Å²) in [5.41, 5.74) is 1.51. The maximum atomic E-state index is 14.1. The number of rotatable bonds is 4. The molecule has 1 aliphatic heterocycles. The topological polar surface area (TPSA) is 57.4 Å². The van der Waals surface area contributed by atoms with E-state index in [0.29, 0.717) is 36.1 Å². The van der Waals surface area contributed by atoms with Crippen LogP contribution in [-0.4, -0.2) is 54.5 Å². The van der Waals surface area contributed by atoms with Gasteiger partial charge in [0, 0.05) is 43.4 Å². The highest BCUT2D eigenvalue weighted by Gasteiger charge is 2.46. The van der Waals surface area contributed by atoms with Crippen LogP contribution in [0.4, 0.5) is 8.78 Å². The van der Waals surface area contributed by atoms with Gasteiger partial charge in [0.2, 0.25) is 0 Å². The number of likely N-dealkylation sites (tertiary alicyclic amines) is 1. The molecule has 3 rings (SSSR count). The SMILES string of the molecule is CCOC1c2cc(C(=O)N3CCC(NC)C3)[nH]c2CCC1(F)F. The lowest BCUT2D eigenvalue weighted by Gasteiger charge is -2.31. The molecule has 0 radical (unpaired) electrons. The summed E-state index contributed by atoms with van der Waals surface area (Å²) in [6.45, 7) is 3.23. The van der Waals surface area contributed by atoms with Crippen LogP contribution in [0.1, 0.15) is 47.6 Å². The number of aromatic nitrogens is 1. The standard InChI is InChI=1S/C16H23F2N3O2/c1-3-23-14-11-8-13(20-12(11)4-6-16(14,17)18)15(22)21-7-5-10(9-21)19-2/h8,10,14,19-20H,3-7,9H2,1-2H3. The molecule has 1 amide bonds. The fourth-order valence-corrected chi connectivity index (χ4v) is 3.45. The molecular weight excluding hydrogens is 304 g/mol. The Kier molecular flexibility index (Phi) is 4.42. The summed E-state index contributed by atoms with van der Waals surface area (Å²) in [5.74, 6) is -3.02. The van der Waals surface area contributed by atoms with Gasteiger partial charge in [-0.15, -0.1) is 0 Å². The summed E-state index contributed by atoms with van der Waals surface area (Å²) < 4.78 is 33.5. The van der Waals surface area contributed by atoms with Gasteiger partial charge in [0.25, 0.3) is 11.8 Å². The molecule has 2 heterocycles. The normalized spacial score (nSPS) is 26.3. The van der Waals surface area contributed by atoms with Crippen LogP contribution in [-0.2, 0) is 11.2 Å². The van der Waals surface area contributed by atoms with E-state index in [4.69, 9.17) is 4.74 Å². The van der Waals surface area contributed by atoms with E-state index >= 15 is 0 Å². The predicted octanol–water partition coefficient (Wildman–Crippen LogP) is 2.11. The highest BCUT2D eigenvalue weighted by atomic mass is 19.3. The Morgan fingerprint density at radius 1 is 1.57 bits per heavy atom. The van der Waals surface area contributed by atoms with Crippen molar-refractivity contribution in [3.63, 3.8) is 0 Å². The van der Waals surface area contributed by atoms with E-state index in [2.05, 4.69) is 10.3 Å². The van der Waals surface area contributed by atoms with Crippen LogP contribution in [0.15, 0.2) is 6.07 Å². The summed E-state index contributed by atoms with van der Waals surface area (Å²) in [4.78, 5) is 17.4. The molecule has 0 saturated carbocycles. The first-order chi connectivity index (χ1) is 11.0. The number of carbonyl (C=O) groups is 1. The third-order valence-electron chi connectivity index (χ3n) is 4.76. The number of alkyl halides is 2. The molecule has 0 spiro atoms. The van der Waals surface area contributed by atoms with Gasteiger partial charge in [-0.1, -0.05) is 0 Å². The van der Waals surface area contributed by atoms with Gasteiger partial charge >= 0.3 is 0 Å². The fourth-order valence-electron chi connectivity index (χ4n) is 3.45. The van der Waals surface area contributed by atoms with Crippen molar-refractivity contribution in [2.75, 3.05) is 26.7 Å². The van der Waals surface area contributed by atoms with Crippen molar-refractivity contribution in [3.05, 3.63) is 23.0 Å². The summed E-state index contributed by atoms with van der Waals surface area (Å²) in [7, 11) is 1.88. The summed E-state index contributed by atoms with van der Waals surface area (Å²) in [5, 5.41) is 3.16. The van der Waals surface area contributed by atoms with Crippen molar-refractivity contribution < 1.29 is 18.3 Å². The molecule has 0 aromatic carbocycles. The lowest BCUT2D eigenvalue weighted by atomic mass is 9.91. The molecule has 1 aromatic rings. The van der Waals surface area contributed by atoms with Gasteiger partial charge in [0.15, 0.2) is 0 Å². The van der Waals surface area contributed by atoms with Crippen LogP contribution in [0.25, 0.3) is 0 Å². The smallest absolute Gasteiger partial charge is 0.278 e. The largest absolute Gasteiger partial charge is 0.367 e. The summed E-state index contributed by atoms with van der Waals surface area (Å²) in [6.07, 6.45) is -0.386. The minimum Gasteiger partial charge on any atom is -0.367 e. The van der Waals surface area contributed by atoms with Gasteiger partial charge < -0.3 is 19.9 Å². The second-order valence-electron chi connectivity index (χ2n) is 6.24. The van der Waals surface area contributed by atoms with Gasteiger partial charge in [-0.2, -0.15) is 0 Å². The first-order valence-electron chi connectivity index (χ1n) is 8.14. The number of fused-ring (bicyclic) bond motifs is 1. The van der Waals surface area contributed by atoms with Crippen molar-refractivity contribution in [2.45, 2.75) is 44.3 Å². The Morgan fingerprint density at radius 2 is 2.35 bits per heavy atom. The summed E-state index contributed by atoms with van der Waals surface area (Å²) in [6, 6.07) is 1.85. The van der Waals surface area contributed by atoms with Crippen molar-refractivity contribution in [1.29, 1.82) is 0 Å². The lowest BCUT2D eigenvalue weighted by molar-refractivity contribution is -0.147. The second kappa shape index (κ2) is 6.20. The van der Waals surface area contributed by atoms with E-state index in [9.17, 15) is 13.6 Å². The highest BCUT2D eigenvalue weighted by molar-refractivity contribution is 5.93. The minimum atomic E-state index is -2.89. The average molecular weight is 327 g/mol. The van der Waals surface area contributed by atoms with E-state index in [1.54, 1.807) is 17.9 Å². The highest BCUT2D eigenvalue weighted by Crippen LogP contribution is 2.44. The fraction of sp³-hybridized carbons (Fsp3) is 0.688. The number of aryl methyl sites for hydroxylation is 1. The first-order valence-corrected chi connectivity index (χ1v) is 8.14. The molecule has 2 atom stereocenters. The number of hydrogen-bond acceptors (Lipinski definition) is 3. The molecule has 5 nitrogen and oxygen atoms in total. The molecule has 2 unspecified atom stereocenters. The maximum Gasteiger partial charge on any atom is 0.278 e. The Hall–Kier alpha value is -1.47. The number of amides is 1. The molecule has 1 aliphatic carbocycles. The second-order valence-corrected chi connectivity index (χ2v) is 6.24.